The number of rotatable bonds is 10. The molecule has 0 aliphatic rings. The molecule has 1 rings (SSSR count). The average Bonchev–Trinajstić information content (AvgIpc) is 2.43. The molecule has 0 saturated heterocycles. The number of hydrogen-bond acceptors (Lipinski definition) is 1. The van der Waals surface area contributed by atoms with Crippen LogP contribution >= 0.6 is 0 Å². The van der Waals surface area contributed by atoms with Crippen LogP contribution in [0.1, 0.15) is 70.9 Å². The van der Waals surface area contributed by atoms with Gasteiger partial charge in [0.2, 0.25) is 0 Å². The molecule has 0 unspecified atom stereocenters. The highest BCUT2D eigenvalue weighted by molar-refractivity contribution is 5.19. The van der Waals surface area contributed by atoms with E-state index in [1.54, 1.807) is 12.1 Å². The van der Waals surface area contributed by atoms with Crippen LogP contribution in [0, 0.1) is 11.7 Å². The maximum atomic E-state index is 12.9. The van der Waals surface area contributed by atoms with Crippen molar-refractivity contribution in [3.8, 4) is 0 Å². The predicted molar refractivity (Wildman–Crippen MR) is 85.4 cm³/mol. The van der Waals surface area contributed by atoms with E-state index in [4.69, 9.17) is 0 Å². The Labute approximate surface area is 124 Å². The van der Waals surface area contributed by atoms with E-state index in [1.165, 1.54) is 37.7 Å². The highest BCUT2D eigenvalue weighted by Crippen LogP contribution is 2.17. The lowest BCUT2D eigenvalue weighted by atomic mass is 10.0. The zero-order chi connectivity index (χ0) is 14.8. The maximum Gasteiger partial charge on any atom is 0.123 e. The van der Waals surface area contributed by atoms with Gasteiger partial charge in [-0.2, -0.15) is 0 Å². The standard InChI is InChI=1S/C18H30FN/c1-4-18(16-10-12-17(19)13-11-16)20-14-8-6-5-7-9-15(2)3/h10-13,15,18,20H,4-9,14H2,1-3H3/t18-/m0/s1. The molecule has 0 saturated carbocycles. The van der Waals surface area contributed by atoms with Gasteiger partial charge in [0.05, 0.1) is 0 Å². The molecule has 0 spiro atoms. The Morgan fingerprint density at radius 2 is 1.65 bits per heavy atom. The first-order valence-corrected chi connectivity index (χ1v) is 8.12. The van der Waals surface area contributed by atoms with Crippen LogP contribution in [0.25, 0.3) is 0 Å². The summed E-state index contributed by atoms with van der Waals surface area (Å²) >= 11 is 0. The molecule has 0 amide bonds. The number of benzene rings is 1. The lowest BCUT2D eigenvalue weighted by Gasteiger charge is -2.17. The molecule has 114 valence electrons. The average molecular weight is 279 g/mol. The second-order valence-corrected chi connectivity index (χ2v) is 6.06. The van der Waals surface area contributed by atoms with E-state index in [-0.39, 0.29) is 5.82 Å². The molecule has 20 heavy (non-hydrogen) atoms. The molecule has 0 bridgehead atoms. The van der Waals surface area contributed by atoms with Crippen molar-refractivity contribution in [3.63, 3.8) is 0 Å². The summed E-state index contributed by atoms with van der Waals surface area (Å²) in [5.74, 6) is 0.671. The van der Waals surface area contributed by atoms with Gasteiger partial charge in [-0.15, -0.1) is 0 Å². The van der Waals surface area contributed by atoms with Crippen LogP contribution in [0.2, 0.25) is 0 Å². The van der Waals surface area contributed by atoms with E-state index < -0.39 is 0 Å². The monoisotopic (exact) mass is 279 g/mol. The third-order valence-corrected chi connectivity index (χ3v) is 3.78. The topological polar surface area (TPSA) is 12.0 Å². The number of nitrogens with one attached hydrogen (secondary N) is 1. The Bertz CT molecular complexity index is 345. The van der Waals surface area contributed by atoms with Crippen molar-refractivity contribution < 1.29 is 4.39 Å². The molecular weight excluding hydrogens is 249 g/mol. The lowest BCUT2D eigenvalue weighted by Crippen LogP contribution is -2.21. The molecule has 0 aliphatic heterocycles. The molecule has 1 N–H and O–H groups in total. The molecule has 1 aromatic rings. The predicted octanol–water partition coefficient (Wildman–Crippen LogP) is 5.47. The number of unbranched alkanes of at least 4 members (excludes halogenated alkanes) is 3. The van der Waals surface area contributed by atoms with Crippen LogP contribution in [-0.2, 0) is 0 Å². The molecule has 1 atom stereocenters. The van der Waals surface area contributed by atoms with E-state index in [2.05, 4.69) is 26.1 Å². The van der Waals surface area contributed by atoms with Gasteiger partial charge in [0.1, 0.15) is 5.82 Å². The summed E-state index contributed by atoms with van der Waals surface area (Å²) < 4.78 is 12.9. The van der Waals surface area contributed by atoms with Crippen molar-refractivity contribution in [3.05, 3.63) is 35.6 Å². The second-order valence-electron chi connectivity index (χ2n) is 6.06. The summed E-state index contributed by atoms with van der Waals surface area (Å²) in [6.45, 7) is 7.80. The summed E-state index contributed by atoms with van der Waals surface area (Å²) in [5, 5.41) is 3.58. The minimum Gasteiger partial charge on any atom is -0.310 e. The Hall–Kier alpha value is -0.890. The highest BCUT2D eigenvalue weighted by atomic mass is 19.1. The summed E-state index contributed by atoms with van der Waals surface area (Å²) in [4.78, 5) is 0. The van der Waals surface area contributed by atoms with Crippen molar-refractivity contribution in [2.24, 2.45) is 5.92 Å². The van der Waals surface area contributed by atoms with Crippen LogP contribution in [0.4, 0.5) is 4.39 Å². The minimum absolute atomic E-state index is 0.159. The van der Waals surface area contributed by atoms with Crippen molar-refractivity contribution in [1.82, 2.24) is 5.32 Å². The van der Waals surface area contributed by atoms with Crippen LogP contribution in [-0.4, -0.2) is 6.54 Å². The lowest BCUT2D eigenvalue weighted by molar-refractivity contribution is 0.480. The summed E-state index contributed by atoms with van der Waals surface area (Å²) in [6.07, 6.45) is 7.62. The van der Waals surface area contributed by atoms with E-state index in [1.807, 2.05) is 12.1 Å². The van der Waals surface area contributed by atoms with Gasteiger partial charge in [-0.3, -0.25) is 0 Å². The third kappa shape index (κ3) is 7.04. The first kappa shape index (κ1) is 17.2. The smallest absolute Gasteiger partial charge is 0.123 e. The third-order valence-electron chi connectivity index (χ3n) is 3.78. The molecule has 1 nitrogen and oxygen atoms in total. The summed E-state index contributed by atoms with van der Waals surface area (Å²) in [6, 6.07) is 7.22. The number of hydrogen-bond donors (Lipinski definition) is 1. The SMILES string of the molecule is CC[C@H](NCCCCCCC(C)C)c1ccc(F)cc1. The van der Waals surface area contributed by atoms with Gasteiger partial charge >= 0.3 is 0 Å². The first-order chi connectivity index (χ1) is 9.63. The van der Waals surface area contributed by atoms with Crippen LogP contribution in [0.15, 0.2) is 24.3 Å². The molecule has 0 heterocycles. The fourth-order valence-electron chi connectivity index (χ4n) is 2.50. The normalized spacial score (nSPS) is 12.8. The van der Waals surface area contributed by atoms with Gasteiger partial charge < -0.3 is 5.32 Å². The zero-order valence-electron chi connectivity index (χ0n) is 13.3. The Morgan fingerprint density at radius 3 is 2.25 bits per heavy atom. The van der Waals surface area contributed by atoms with E-state index in [0.29, 0.717) is 6.04 Å². The Morgan fingerprint density at radius 1 is 1.00 bits per heavy atom. The van der Waals surface area contributed by atoms with E-state index >= 15 is 0 Å². The van der Waals surface area contributed by atoms with Gasteiger partial charge in [-0.25, -0.2) is 4.39 Å². The minimum atomic E-state index is -0.159. The van der Waals surface area contributed by atoms with Gasteiger partial charge in [0.25, 0.3) is 0 Å². The fraction of sp³-hybridized carbons (Fsp3) is 0.667. The maximum absolute atomic E-state index is 12.9. The molecule has 0 aromatic heterocycles. The summed E-state index contributed by atoms with van der Waals surface area (Å²) in [5.41, 5.74) is 1.19. The second kappa shape index (κ2) is 9.93. The zero-order valence-corrected chi connectivity index (χ0v) is 13.3. The molecule has 2 heteroatoms. The van der Waals surface area contributed by atoms with Crippen molar-refractivity contribution >= 4 is 0 Å². The van der Waals surface area contributed by atoms with Crippen LogP contribution in [0.3, 0.4) is 0 Å². The fourth-order valence-corrected chi connectivity index (χ4v) is 2.50. The van der Waals surface area contributed by atoms with Crippen molar-refractivity contribution in [2.45, 2.75) is 65.3 Å². The molecule has 0 aliphatic carbocycles. The Balaban J connectivity index is 2.17. The van der Waals surface area contributed by atoms with E-state index in [9.17, 15) is 4.39 Å². The quantitative estimate of drug-likeness (QED) is 0.560. The van der Waals surface area contributed by atoms with Crippen molar-refractivity contribution in [1.29, 1.82) is 0 Å². The van der Waals surface area contributed by atoms with Gasteiger partial charge in [0.15, 0.2) is 0 Å². The Kier molecular flexibility index (Phi) is 8.52. The summed E-state index contributed by atoms with van der Waals surface area (Å²) in [7, 11) is 0. The van der Waals surface area contributed by atoms with Gasteiger partial charge in [0, 0.05) is 6.04 Å². The van der Waals surface area contributed by atoms with Crippen LogP contribution in [0.5, 0.6) is 0 Å². The molecule has 0 fully saturated rings. The molecular formula is C18H30FN. The van der Waals surface area contributed by atoms with Crippen molar-refractivity contribution in [2.75, 3.05) is 6.54 Å². The van der Waals surface area contributed by atoms with E-state index in [0.717, 1.165) is 18.9 Å². The largest absolute Gasteiger partial charge is 0.310 e. The van der Waals surface area contributed by atoms with Gasteiger partial charge in [-0.1, -0.05) is 58.6 Å². The molecule has 0 radical (unpaired) electrons. The van der Waals surface area contributed by atoms with Crippen LogP contribution < -0.4 is 5.32 Å². The number of halogens is 1. The molecule has 1 aromatic carbocycles. The van der Waals surface area contributed by atoms with Gasteiger partial charge in [-0.05, 0) is 43.0 Å². The highest BCUT2D eigenvalue weighted by Gasteiger charge is 2.07. The first-order valence-electron chi connectivity index (χ1n) is 8.12.